The number of fused-ring (bicyclic) bond motifs is 1. The molecule has 1 N–H and O–H groups in total. The van der Waals surface area contributed by atoms with Crippen molar-refractivity contribution in [3.8, 4) is 5.75 Å². The molecule has 4 rings (SSSR count). The minimum absolute atomic E-state index is 0.262. The van der Waals surface area contributed by atoms with Gasteiger partial charge in [0.1, 0.15) is 18.1 Å². The molecular formula is C23H34N6O2. The molecule has 2 aliphatic rings. The average Bonchev–Trinajstić information content (AvgIpc) is 3.42. The topological polar surface area (TPSA) is 76.8 Å². The van der Waals surface area contributed by atoms with Crippen LogP contribution in [0.15, 0.2) is 23.2 Å². The molecule has 0 aliphatic carbocycles. The number of guanidine groups is 1. The van der Waals surface area contributed by atoms with Gasteiger partial charge in [0.05, 0.1) is 12.7 Å². The minimum Gasteiger partial charge on any atom is -0.494 e. The quantitative estimate of drug-likeness (QED) is 0.542. The van der Waals surface area contributed by atoms with E-state index in [1.54, 1.807) is 0 Å². The largest absolute Gasteiger partial charge is 0.494 e. The van der Waals surface area contributed by atoms with Gasteiger partial charge in [-0.1, -0.05) is 13.0 Å². The molecule has 0 bridgehead atoms. The number of aliphatic imine (C=N–C) groups is 1. The first-order chi connectivity index (χ1) is 15.1. The zero-order valence-corrected chi connectivity index (χ0v) is 18.9. The van der Waals surface area contributed by atoms with Crippen LogP contribution in [-0.2, 0) is 31.3 Å². The number of hydrogen-bond donors (Lipinski definition) is 1. The summed E-state index contributed by atoms with van der Waals surface area (Å²) in [5.41, 5.74) is 2.70. The highest BCUT2D eigenvalue weighted by atomic mass is 16.5. The van der Waals surface area contributed by atoms with Crippen molar-refractivity contribution < 1.29 is 9.47 Å². The van der Waals surface area contributed by atoms with Gasteiger partial charge in [-0.3, -0.25) is 0 Å². The molecule has 31 heavy (non-hydrogen) atoms. The van der Waals surface area contributed by atoms with Crippen LogP contribution < -0.4 is 10.1 Å². The summed E-state index contributed by atoms with van der Waals surface area (Å²) >= 11 is 0. The second kappa shape index (κ2) is 10.1. The minimum atomic E-state index is 0.262. The molecule has 1 aromatic carbocycles. The molecule has 1 aromatic heterocycles. The Hall–Kier alpha value is -2.61. The standard InChI is InChI=1S/C23H34N6O2/c1-4-11-30-20-8-7-19-16-29(10-9-18(19)13-20)23(24-14-21-6-5-12-31-21)25-15-22-27-26-17(2)28(22)3/h7-8,13,21H,4-6,9-12,14-16H2,1-3H3,(H,24,25). The van der Waals surface area contributed by atoms with Crippen molar-refractivity contribution in [2.24, 2.45) is 12.0 Å². The predicted octanol–water partition coefficient (Wildman–Crippen LogP) is 2.60. The van der Waals surface area contributed by atoms with Crippen LogP contribution in [0.5, 0.6) is 5.75 Å². The summed E-state index contributed by atoms with van der Waals surface area (Å²) in [5.74, 6) is 3.64. The maximum Gasteiger partial charge on any atom is 0.194 e. The molecule has 1 unspecified atom stereocenters. The summed E-state index contributed by atoms with van der Waals surface area (Å²) in [4.78, 5) is 7.24. The Morgan fingerprint density at radius 1 is 1.32 bits per heavy atom. The fraction of sp³-hybridized carbons (Fsp3) is 0.609. The highest BCUT2D eigenvalue weighted by Crippen LogP contribution is 2.24. The number of ether oxygens (including phenoxy) is 2. The lowest BCUT2D eigenvalue weighted by molar-refractivity contribution is 0.113. The van der Waals surface area contributed by atoms with Gasteiger partial charge in [0.2, 0.25) is 0 Å². The molecule has 0 amide bonds. The molecule has 8 nitrogen and oxygen atoms in total. The lowest BCUT2D eigenvalue weighted by Crippen LogP contribution is -2.46. The van der Waals surface area contributed by atoms with Crippen molar-refractivity contribution in [2.45, 2.75) is 58.7 Å². The van der Waals surface area contributed by atoms with E-state index >= 15 is 0 Å². The van der Waals surface area contributed by atoms with Crippen molar-refractivity contribution in [2.75, 3.05) is 26.3 Å². The molecule has 1 fully saturated rings. The van der Waals surface area contributed by atoms with Gasteiger partial charge in [-0.2, -0.15) is 0 Å². The Bertz CT molecular complexity index is 903. The average molecular weight is 427 g/mol. The van der Waals surface area contributed by atoms with Gasteiger partial charge >= 0.3 is 0 Å². The summed E-state index contributed by atoms with van der Waals surface area (Å²) in [5, 5.41) is 12.0. The van der Waals surface area contributed by atoms with Crippen molar-refractivity contribution in [3.05, 3.63) is 41.0 Å². The van der Waals surface area contributed by atoms with Gasteiger partial charge in [-0.05, 0) is 55.9 Å². The number of aryl methyl sites for hydroxylation is 1. The Morgan fingerprint density at radius 2 is 2.23 bits per heavy atom. The number of benzene rings is 1. The number of rotatable bonds is 7. The Morgan fingerprint density at radius 3 is 2.97 bits per heavy atom. The maximum atomic E-state index is 5.81. The molecule has 0 radical (unpaired) electrons. The van der Waals surface area contributed by atoms with Gasteiger partial charge in [0, 0.05) is 33.3 Å². The Labute approximate surface area is 184 Å². The van der Waals surface area contributed by atoms with Crippen molar-refractivity contribution in [3.63, 3.8) is 0 Å². The molecule has 168 valence electrons. The Kier molecular flexibility index (Phi) is 7.06. The molecule has 8 heteroatoms. The third kappa shape index (κ3) is 5.36. The fourth-order valence-electron chi connectivity index (χ4n) is 4.03. The van der Waals surface area contributed by atoms with E-state index in [0.29, 0.717) is 6.54 Å². The smallest absolute Gasteiger partial charge is 0.194 e. The lowest BCUT2D eigenvalue weighted by Gasteiger charge is -2.32. The lowest BCUT2D eigenvalue weighted by atomic mass is 9.99. The van der Waals surface area contributed by atoms with Crippen LogP contribution in [0.2, 0.25) is 0 Å². The van der Waals surface area contributed by atoms with E-state index in [-0.39, 0.29) is 6.10 Å². The highest BCUT2D eigenvalue weighted by molar-refractivity contribution is 5.80. The van der Waals surface area contributed by atoms with Gasteiger partial charge in [0.25, 0.3) is 0 Å². The summed E-state index contributed by atoms with van der Waals surface area (Å²) in [6, 6.07) is 6.47. The summed E-state index contributed by atoms with van der Waals surface area (Å²) in [6.45, 7) is 8.73. The van der Waals surface area contributed by atoms with E-state index in [1.807, 2.05) is 18.5 Å². The molecule has 1 saturated heterocycles. The van der Waals surface area contributed by atoms with Crippen LogP contribution in [0, 0.1) is 6.92 Å². The third-order valence-electron chi connectivity index (χ3n) is 6.03. The van der Waals surface area contributed by atoms with Gasteiger partial charge in [-0.25, -0.2) is 4.99 Å². The van der Waals surface area contributed by atoms with Crippen LogP contribution >= 0.6 is 0 Å². The van der Waals surface area contributed by atoms with Crippen molar-refractivity contribution in [1.29, 1.82) is 0 Å². The summed E-state index contributed by atoms with van der Waals surface area (Å²) in [6.07, 6.45) is 4.49. The van der Waals surface area contributed by atoms with Crippen LogP contribution in [-0.4, -0.2) is 58.0 Å². The molecule has 3 heterocycles. The molecule has 2 aliphatic heterocycles. The van der Waals surface area contributed by atoms with E-state index < -0.39 is 0 Å². The molecule has 2 aromatic rings. The molecular weight excluding hydrogens is 392 g/mol. The number of aromatic nitrogens is 3. The van der Waals surface area contributed by atoms with E-state index in [4.69, 9.17) is 14.5 Å². The maximum absolute atomic E-state index is 5.81. The summed E-state index contributed by atoms with van der Waals surface area (Å²) in [7, 11) is 1.98. The first kappa shape index (κ1) is 21.6. The van der Waals surface area contributed by atoms with Gasteiger partial charge in [-0.15, -0.1) is 10.2 Å². The number of hydrogen-bond acceptors (Lipinski definition) is 5. The first-order valence-electron chi connectivity index (χ1n) is 11.4. The first-order valence-corrected chi connectivity index (χ1v) is 11.4. The fourth-order valence-corrected chi connectivity index (χ4v) is 4.03. The zero-order valence-electron chi connectivity index (χ0n) is 18.9. The molecule has 0 spiro atoms. The third-order valence-corrected chi connectivity index (χ3v) is 6.03. The van der Waals surface area contributed by atoms with Gasteiger partial charge in [0.15, 0.2) is 11.8 Å². The second-order valence-electron chi connectivity index (χ2n) is 8.33. The Balaban J connectivity index is 1.47. The normalized spacial score (nSPS) is 18.9. The van der Waals surface area contributed by atoms with E-state index in [2.05, 4.69) is 45.5 Å². The van der Waals surface area contributed by atoms with E-state index in [9.17, 15) is 0 Å². The van der Waals surface area contributed by atoms with E-state index in [1.165, 1.54) is 11.1 Å². The number of nitrogens with one attached hydrogen (secondary N) is 1. The van der Waals surface area contributed by atoms with Gasteiger partial charge < -0.3 is 24.3 Å². The number of nitrogens with zero attached hydrogens (tertiary/aromatic N) is 5. The monoisotopic (exact) mass is 426 g/mol. The van der Waals surface area contributed by atoms with Crippen molar-refractivity contribution in [1.82, 2.24) is 25.0 Å². The SMILES string of the molecule is CCCOc1ccc2c(c1)CCN(C(=NCc1nnc(C)n1C)NCC1CCCO1)C2. The predicted molar refractivity (Wildman–Crippen MR) is 120 cm³/mol. The van der Waals surface area contributed by atoms with E-state index in [0.717, 1.165) is 81.9 Å². The highest BCUT2D eigenvalue weighted by Gasteiger charge is 2.22. The second-order valence-corrected chi connectivity index (χ2v) is 8.33. The molecule has 1 atom stereocenters. The zero-order chi connectivity index (χ0) is 21.6. The molecule has 0 saturated carbocycles. The van der Waals surface area contributed by atoms with Crippen LogP contribution in [0.3, 0.4) is 0 Å². The van der Waals surface area contributed by atoms with Crippen LogP contribution in [0.25, 0.3) is 0 Å². The van der Waals surface area contributed by atoms with Crippen LogP contribution in [0.1, 0.15) is 49.0 Å². The summed E-state index contributed by atoms with van der Waals surface area (Å²) < 4.78 is 13.6. The van der Waals surface area contributed by atoms with Crippen LogP contribution in [0.4, 0.5) is 0 Å². The van der Waals surface area contributed by atoms with Crippen molar-refractivity contribution >= 4 is 5.96 Å².